The summed E-state index contributed by atoms with van der Waals surface area (Å²) in [5.41, 5.74) is 3.10. The average molecular weight is 317 g/mol. The van der Waals surface area contributed by atoms with E-state index in [1.807, 2.05) is 37.6 Å². The second-order valence-corrected chi connectivity index (χ2v) is 7.01. The first kappa shape index (κ1) is 15.0. The highest BCUT2D eigenvalue weighted by Gasteiger charge is 2.29. The number of aryl methyl sites for hydroxylation is 2. The molecule has 1 N–H and O–H groups in total. The second-order valence-electron chi connectivity index (χ2n) is 5.70. The van der Waals surface area contributed by atoms with Gasteiger partial charge in [-0.3, -0.25) is 4.79 Å². The van der Waals surface area contributed by atoms with E-state index in [9.17, 15) is 4.79 Å². The van der Waals surface area contributed by atoms with E-state index in [-0.39, 0.29) is 11.2 Å². The predicted octanol–water partition coefficient (Wildman–Crippen LogP) is 2.74. The maximum atomic E-state index is 12.4. The third-order valence-electron chi connectivity index (χ3n) is 3.65. The molecule has 0 aliphatic heterocycles. The van der Waals surface area contributed by atoms with Crippen molar-refractivity contribution >= 4 is 23.4 Å². The highest BCUT2D eigenvalue weighted by molar-refractivity contribution is 8.00. The van der Waals surface area contributed by atoms with Gasteiger partial charge in [0.25, 0.3) is 0 Å². The van der Waals surface area contributed by atoms with Gasteiger partial charge >= 0.3 is 0 Å². The molecule has 2 aromatic rings. The number of carbonyl (C=O) groups excluding carboxylic acids is 1. The highest BCUT2D eigenvalue weighted by Crippen LogP contribution is 2.37. The van der Waals surface area contributed by atoms with Gasteiger partial charge in [0.1, 0.15) is 0 Å². The van der Waals surface area contributed by atoms with E-state index >= 15 is 0 Å². The molecule has 0 spiro atoms. The van der Waals surface area contributed by atoms with Crippen LogP contribution < -0.4 is 5.32 Å². The van der Waals surface area contributed by atoms with Crippen LogP contribution in [0.2, 0.25) is 0 Å². The number of anilines is 1. The van der Waals surface area contributed by atoms with E-state index in [2.05, 4.69) is 26.9 Å². The van der Waals surface area contributed by atoms with E-state index in [1.165, 1.54) is 17.3 Å². The number of nitrogens with zero attached hydrogens (tertiary/aromatic N) is 4. The number of carbonyl (C=O) groups is 1. The molecule has 1 saturated carbocycles. The summed E-state index contributed by atoms with van der Waals surface area (Å²) >= 11 is 1.40. The van der Waals surface area contributed by atoms with Crippen molar-refractivity contribution in [1.29, 1.82) is 0 Å². The maximum absolute atomic E-state index is 12.4. The summed E-state index contributed by atoms with van der Waals surface area (Å²) < 4.78 is 1.82. The lowest BCUT2D eigenvalue weighted by atomic mass is 10.1. The molecule has 22 heavy (non-hydrogen) atoms. The van der Waals surface area contributed by atoms with Crippen molar-refractivity contribution in [2.75, 3.05) is 5.32 Å². The molecule has 0 radical (unpaired) electrons. The molecule has 1 aromatic carbocycles. The highest BCUT2D eigenvalue weighted by atomic mass is 32.2. The molecule has 1 aromatic heterocycles. The molecule has 7 heteroatoms. The molecule has 0 saturated heterocycles. The van der Waals surface area contributed by atoms with Gasteiger partial charge in [0.15, 0.2) is 0 Å². The van der Waals surface area contributed by atoms with E-state index in [0.29, 0.717) is 11.2 Å². The molecule has 1 aliphatic carbocycles. The van der Waals surface area contributed by atoms with Crippen LogP contribution >= 0.6 is 11.8 Å². The zero-order valence-electron chi connectivity index (χ0n) is 12.9. The Labute approximate surface area is 133 Å². The fraction of sp³-hybridized carbons (Fsp3) is 0.467. The Bertz CT molecular complexity index is 695. The molecule has 6 nitrogen and oxygen atoms in total. The van der Waals surface area contributed by atoms with Gasteiger partial charge in [0, 0.05) is 5.69 Å². The summed E-state index contributed by atoms with van der Waals surface area (Å²) in [6, 6.07) is 6.40. The number of hydrogen-bond donors (Lipinski definition) is 1. The predicted molar refractivity (Wildman–Crippen MR) is 86.0 cm³/mol. The van der Waals surface area contributed by atoms with E-state index < -0.39 is 0 Å². The van der Waals surface area contributed by atoms with Crippen LogP contribution in [0.1, 0.15) is 36.9 Å². The summed E-state index contributed by atoms with van der Waals surface area (Å²) in [7, 11) is 0. The average Bonchev–Trinajstić information content (AvgIpc) is 3.22. The summed E-state index contributed by atoms with van der Waals surface area (Å²) in [5.74, 6) is -0.0395. The summed E-state index contributed by atoms with van der Waals surface area (Å²) in [6.45, 7) is 5.90. The minimum absolute atomic E-state index is 0.0395. The first-order chi connectivity index (χ1) is 10.5. The first-order valence-corrected chi connectivity index (χ1v) is 8.25. The van der Waals surface area contributed by atoms with Gasteiger partial charge in [-0.1, -0.05) is 29.5 Å². The molecule has 1 fully saturated rings. The van der Waals surface area contributed by atoms with Crippen molar-refractivity contribution < 1.29 is 4.79 Å². The topological polar surface area (TPSA) is 72.7 Å². The van der Waals surface area contributed by atoms with Crippen LogP contribution in [-0.4, -0.2) is 31.4 Å². The number of benzene rings is 1. The molecule has 3 rings (SSSR count). The lowest BCUT2D eigenvalue weighted by molar-refractivity contribution is -0.115. The zero-order valence-corrected chi connectivity index (χ0v) is 13.7. The standard InChI is InChI=1S/C15H19N5OS/c1-9-4-7-13(10(2)8-9)16-14(21)11(3)22-15-17-18-19-20(15)12-5-6-12/h4,7-8,11-12H,5-6H2,1-3H3,(H,16,21). The smallest absolute Gasteiger partial charge is 0.237 e. The van der Waals surface area contributed by atoms with Crippen molar-refractivity contribution in [3.05, 3.63) is 29.3 Å². The maximum Gasteiger partial charge on any atom is 0.237 e. The van der Waals surface area contributed by atoms with Crippen LogP contribution in [0, 0.1) is 13.8 Å². The Balaban J connectivity index is 1.65. The Morgan fingerprint density at radius 3 is 2.86 bits per heavy atom. The minimum atomic E-state index is -0.260. The monoisotopic (exact) mass is 317 g/mol. The number of rotatable bonds is 5. The van der Waals surface area contributed by atoms with Gasteiger partial charge in [-0.2, -0.15) is 0 Å². The SMILES string of the molecule is Cc1ccc(NC(=O)C(C)Sc2nnnn2C2CC2)c(C)c1. The number of tetrazole rings is 1. The van der Waals surface area contributed by atoms with Crippen molar-refractivity contribution in [3.63, 3.8) is 0 Å². The van der Waals surface area contributed by atoms with Gasteiger partial charge in [0.2, 0.25) is 11.1 Å². The number of amides is 1. The van der Waals surface area contributed by atoms with E-state index in [1.54, 1.807) is 0 Å². The summed E-state index contributed by atoms with van der Waals surface area (Å²) in [6.07, 6.45) is 2.23. The zero-order chi connectivity index (χ0) is 15.7. The minimum Gasteiger partial charge on any atom is -0.325 e. The lowest BCUT2D eigenvalue weighted by Gasteiger charge is -2.13. The van der Waals surface area contributed by atoms with Gasteiger partial charge in [-0.05, 0) is 55.7 Å². The third-order valence-corrected chi connectivity index (χ3v) is 4.69. The Morgan fingerprint density at radius 2 is 2.18 bits per heavy atom. The van der Waals surface area contributed by atoms with Crippen LogP contribution in [0.4, 0.5) is 5.69 Å². The third kappa shape index (κ3) is 3.30. The summed E-state index contributed by atoms with van der Waals surface area (Å²) in [4.78, 5) is 12.4. The number of thioether (sulfide) groups is 1. The molecular formula is C15H19N5OS. The van der Waals surface area contributed by atoms with Gasteiger partial charge in [0.05, 0.1) is 11.3 Å². The van der Waals surface area contributed by atoms with Crippen LogP contribution in [0.5, 0.6) is 0 Å². The van der Waals surface area contributed by atoms with Gasteiger partial charge in [-0.25, -0.2) is 4.68 Å². The normalized spacial score (nSPS) is 15.6. The first-order valence-electron chi connectivity index (χ1n) is 7.37. The second kappa shape index (κ2) is 6.08. The quantitative estimate of drug-likeness (QED) is 0.858. The van der Waals surface area contributed by atoms with Crippen molar-refractivity contribution in [2.45, 2.75) is 50.1 Å². The van der Waals surface area contributed by atoms with Crippen molar-refractivity contribution in [2.24, 2.45) is 0 Å². The fourth-order valence-electron chi connectivity index (χ4n) is 2.21. The van der Waals surface area contributed by atoms with E-state index in [4.69, 9.17) is 0 Å². The molecule has 1 heterocycles. The fourth-order valence-corrected chi connectivity index (χ4v) is 3.07. The molecule has 1 amide bonds. The molecule has 0 bridgehead atoms. The molecular weight excluding hydrogens is 298 g/mol. The number of hydrogen-bond acceptors (Lipinski definition) is 5. The number of aromatic nitrogens is 4. The van der Waals surface area contributed by atoms with Crippen molar-refractivity contribution in [3.8, 4) is 0 Å². The Morgan fingerprint density at radius 1 is 1.41 bits per heavy atom. The largest absolute Gasteiger partial charge is 0.325 e. The van der Waals surface area contributed by atoms with Crippen LogP contribution in [0.25, 0.3) is 0 Å². The summed E-state index contributed by atoms with van der Waals surface area (Å²) in [5, 5.41) is 15.2. The van der Waals surface area contributed by atoms with Crippen LogP contribution in [0.3, 0.4) is 0 Å². The molecule has 1 unspecified atom stereocenters. The lowest BCUT2D eigenvalue weighted by Crippen LogP contribution is -2.23. The van der Waals surface area contributed by atoms with E-state index in [0.717, 1.165) is 24.1 Å². The van der Waals surface area contributed by atoms with Crippen LogP contribution in [0.15, 0.2) is 23.4 Å². The molecule has 116 valence electrons. The van der Waals surface area contributed by atoms with Crippen molar-refractivity contribution in [1.82, 2.24) is 20.2 Å². The van der Waals surface area contributed by atoms with Crippen LogP contribution in [-0.2, 0) is 4.79 Å². The molecule has 1 atom stereocenters. The molecule has 1 aliphatic rings. The Kier molecular flexibility index (Phi) is 4.15. The Hall–Kier alpha value is -1.89. The van der Waals surface area contributed by atoms with Gasteiger partial charge < -0.3 is 5.32 Å². The van der Waals surface area contributed by atoms with Gasteiger partial charge in [-0.15, -0.1) is 5.10 Å². The number of nitrogens with one attached hydrogen (secondary N) is 1.